The van der Waals surface area contributed by atoms with Crippen molar-refractivity contribution in [3.63, 3.8) is 0 Å². The molecule has 3 aromatic heterocycles. The van der Waals surface area contributed by atoms with Gasteiger partial charge in [0.2, 0.25) is 5.78 Å². The van der Waals surface area contributed by atoms with E-state index in [4.69, 9.17) is 4.74 Å². The number of carbonyl (C=O) groups is 2. The lowest BCUT2D eigenvalue weighted by molar-refractivity contribution is 0.0478. The van der Waals surface area contributed by atoms with Crippen LogP contribution >= 0.6 is 11.3 Å². The highest BCUT2D eigenvalue weighted by Crippen LogP contribution is 2.38. The van der Waals surface area contributed by atoms with E-state index in [-0.39, 0.29) is 12.4 Å². The Morgan fingerprint density at radius 3 is 2.71 bits per heavy atom. The van der Waals surface area contributed by atoms with Crippen molar-refractivity contribution >= 4 is 23.1 Å². The Labute approximate surface area is 167 Å². The van der Waals surface area contributed by atoms with Gasteiger partial charge in [0, 0.05) is 29.2 Å². The van der Waals surface area contributed by atoms with Crippen LogP contribution in [0.15, 0.2) is 30.5 Å². The first kappa shape index (κ1) is 18.6. The number of esters is 1. The van der Waals surface area contributed by atoms with E-state index in [0.29, 0.717) is 32.9 Å². The molecule has 1 aliphatic carbocycles. The SMILES string of the molecule is Cc1nc(-c2ccccn2)sc1C(=O)OCC(=O)c1cc(C)n(C2CC2)c1C. The molecule has 3 heterocycles. The molecule has 0 saturated heterocycles. The van der Waals surface area contributed by atoms with Gasteiger partial charge in [0.05, 0.1) is 11.4 Å². The average molecular weight is 395 g/mol. The normalized spacial score (nSPS) is 13.5. The lowest BCUT2D eigenvalue weighted by atomic mass is 10.1. The Hall–Kier alpha value is -2.80. The number of thiazole rings is 1. The Morgan fingerprint density at radius 2 is 2.04 bits per heavy atom. The first-order valence-corrected chi connectivity index (χ1v) is 10.0. The van der Waals surface area contributed by atoms with Gasteiger partial charge in [0.1, 0.15) is 9.88 Å². The fourth-order valence-electron chi connectivity index (χ4n) is 3.41. The van der Waals surface area contributed by atoms with Gasteiger partial charge >= 0.3 is 5.97 Å². The molecule has 0 unspecified atom stereocenters. The molecule has 1 aliphatic rings. The number of hydrogen-bond acceptors (Lipinski definition) is 6. The second kappa shape index (κ2) is 7.31. The van der Waals surface area contributed by atoms with Crippen LogP contribution in [0, 0.1) is 20.8 Å². The number of aryl methyl sites for hydroxylation is 2. The minimum atomic E-state index is -0.526. The maximum absolute atomic E-state index is 12.6. The molecule has 3 aromatic rings. The second-order valence-corrected chi connectivity index (χ2v) is 8.03. The fraction of sp³-hybridized carbons (Fsp3) is 0.333. The third kappa shape index (κ3) is 3.49. The summed E-state index contributed by atoms with van der Waals surface area (Å²) in [5.41, 5.74) is 3.95. The smallest absolute Gasteiger partial charge is 0.350 e. The van der Waals surface area contributed by atoms with Crippen molar-refractivity contribution in [2.45, 2.75) is 39.7 Å². The zero-order valence-corrected chi connectivity index (χ0v) is 16.9. The zero-order chi connectivity index (χ0) is 19.8. The second-order valence-electron chi connectivity index (χ2n) is 7.03. The van der Waals surface area contributed by atoms with E-state index in [1.54, 1.807) is 13.1 Å². The van der Waals surface area contributed by atoms with Crippen molar-refractivity contribution in [3.8, 4) is 10.7 Å². The van der Waals surface area contributed by atoms with Crippen molar-refractivity contribution in [2.24, 2.45) is 0 Å². The van der Waals surface area contributed by atoms with E-state index in [0.717, 1.165) is 24.2 Å². The molecular weight excluding hydrogens is 374 g/mol. The minimum absolute atomic E-state index is 0.180. The Balaban J connectivity index is 1.46. The Bertz CT molecular complexity index is 1050. The number of rotatable bonds is 6. The highest BCUT2D eigenvalue weighted by atomic mass is 32.1. The van der Waals surface area contributed by atoms with Crippen molar-refractivity contribution in [3.05, 3.63) is 58.0 Å². The van der Waals surface area contributed by atoms with Crippen LogP contribution in [-0.2, 0) is 4.74 Å². The summed E-state index contributed by atoms with van der Waals surface area (Å²) in [5, 5.41) is 0.657. The lowest BCUT2D eigenvalue weighted by Crippen LogP contribution is -2.15. The molecule has 0 atom stereocenters. The van der Waals surface area contributed by atoms with Gasteiger partial charge in [-0.2, -0.15) is 0 Å². The number of aromatic nitrogens is 3. The van der Waals surface area contributed by atoms with Crippen LogP contribution in [0.3, 0.4) is 0 Å². The summed E-state index contributed by atoms with van der Waals surface area (Å²) in [4.78, 5) is 34.2. The summed E-state index contributed by atoms with van der Waals surface area (Å²) in [5.74, 6) is -0.706. The van der Waals surface area contributed by atoms with E-state index in [1.165, 1.54) is 11.3 Å². The van der Waals surface area contributed by atoms with Gasteiger partial charge in [-0.15, -0.1) is 11.3 Å². The molecule has 0 spiro atoms. The summed E-state index contributed by atoms with van der Waals surface area (Å²) in [6.45, 7) is 5.44. The van der Waals surface area contributed by atoms with Crippen molar-refractivity contribution in [2.75, 3.05) is 6.61 Å². The van der Waals surface area contributed by atoms with Crippen LogP contribution in [0.1, 0.15) is 56.0 Å². The van der Waals surface area contributed by atoms with Gasteiger partial charge in [0.25, 0.3) is 0 Å². The van der Waals surface area contributed by atoms with Gasteiger partial charge < -0.3 is 9.30 Å². The fourth-order valence-corrected chi connectivity index (χ4v) is 4.35. The molecule has 28 heavy (non-hydrogen) atoms. The average Bonchev–Trinajstić information content (AvgIpc) is 3.37. The van der Waals surface area contributed by atoms with Crippen LogP contribution in [0.4, 0.5) is 0 Å². The number of nitrogens with zero attached hydrogens (tertiary/aromatic N) is 3. The van der Waals surface area contributed by atoms with Gasteiger partial charge in [-0.25, -0.2) is 9.78 Å². The monoisotopic (exact) mass is 395 g/mol. The molecule has 144 valence electrons. The molecule has 1 fully saturated rings. The number of pyridine rings is 1. The first-order valence-electron chi connectivity index (χ1n) is 9.23. The van der Waals surface area contributed by atoms with Crippen molar-refractivity contribution in [1.29, 1.82) is 0 Å². The predicted molar refractivity (Wildman–Crippen MR) is 107 cm³/mol. The van der Waals surface area contributed by atoms with Crippen LogP contribution in [0.5, 0.6) is 0 Å². The van der Waals surface area contributed by atoms with Crippen LogP contribution in [0.25, 0.3) is 10.7 Å². The van der Waals surface area contributed by atoms with Gasteiger partial charge in [-0.05, 0) is 51.8 Å². The van der Waals surface area contributed by atoms with Gasteiger partial charge in [-0.1, -0.05) is 6.07 Å². The standard InChI is InChI=1S/C21H21N3O3S/c1-12-10-16(14(3)24(12)15-7-8-15)18(25)11-27-21(26)19-13(2)23-20(28-19)17-6-4-5-9-22-17/h4-6,9-10,15H,7-8,11H2,1-3H3. The van der Waals surface area contributed by atoms with Gasteiger partial charge in [-0.3, -0.25) is 9.78 Å². The van der Waals surface area contributed by atoms with E-state index in [9.17, 15) is 9.59 Å². The highest BCUT2D eigenvalue weighted by molar-refractivity contribution is 7.17. The third-order valence-corrected chi connectivity index (χ3v) is 6.06. The summed E-state index contributed by atoms with van der Waals surface area (Å²) in [7, 11) is 0. The number of ether oxygens (including phenoxy) is 1. The minimum Gasteiger partial charge on any atom is -0.453 e. The molecule has 1 saturated carbocycles. The Kier molecular flexibility index (Phi) is 4.85. The number of ketones is 1. The molecule has 0 aromatic carbocycles. The molecule has 6 nitrogen and oxygen atoms in total. The summed E-state index contributed by atoms with van der Waals surface area (Å²) in [6, 6.07) is 7.93. The molecule has 7 heteroatoms. The van der Waals surface area contributed by atoms with Crippen LogP contribution < -0.4 is 0 Å². The lowest BCUT2D eigenvalue weighted by Gasteiger charge is -2.07. The van der Waals surface area contributed by atoms with E-state index >= 15 is 0 Å². The largest absolute Gasteiger partial charge is 0.453 e. The third-order valence-electron chi connectivity index (χ3n) is 4.90. The Morgan fingerprint density at radius 1 is 1.25 bits per heavy atom. The van der Waals surface area contributed by atoms with E-state index in [1.807, 2.05) is 38.1 Å². The first-order chi connectivity index (χ1) is 13.5. The van der Waals surface area contributed by atoms with Gasteiger partial charge in [0.15, 0.2) is 6.61 Å². The topological polar surface area (TPSA) is 74.1 Å². The summed E-state index contributed by atoms with van der Waals surface area (Å²) >= 11 is 1.23. The number of Topliss-reactive ketones (excluding diaryl/α,β-unsaturated/α-hetero) is 1. The maximum atomic E-state index is 12.6. The zero-order valence-electron chi connectivity index (χ0n) is 16.1. The molecule has 0 radical (unpaired) electrons. The molecule has 4 rings (SSSR count). The van der Waals surface area contributed by atoms with Crippen LogP contribution in [-0.4, -0.2) is 32.9 Å². The maximum Gasteiger partial charge on any atom is 0.350 e. The highest BCUT2D eigenvalue weighted by Gasteiger charge is 2.28. The van der Waals surface area contributed by atoms with Crippen molar-refractivity contribution in [1.82, 2.24) is 14.5 Å². The predicted octanol–water partition coefficient (Wildman–Crippen LogP) is 4.31. The number of hydrogen-bond donors (Lipinski definition) is 0. The van der Waals surface area contributed by atoms with E-state index in [2.05, 4.69) is 14.5 Å². The van der Waals surface area contributed by atoms with Crippen molar-refractivity contribution < 1.29 is 14.3 Å². The number of carbonyl (C=O) groups excluding carboxylic acids is 2. The molecular formula is C21H21N3O3S. The summed E-state index contributed by atoms with van der Waals surface area (Å²) in [6.07, 6.45) is 3.99. The quantitative estimate of drug-likeness (QED) is 0.459. The van der Waals surface area contributed by atoms with E-state index < -0.39 is 5.97 Å². The summed E-state index contributed by atoms with van der Waals surface area (Å²) < 4.78 is 7.52. The molecule has 0 aliphatic heterocycles. The molecule has 0 bridgehead atoms. The molecule has 0 N–H and O–H groups in total. The van der Waals surface area contributed by atoms with Crippen LogP contribution in [0.2, 0.25) is 0 Å². The molecule has 0 amide bonds.